The largest absolute Gasteiger partial charge is 0.416 e. The van der Waals surface area contributed by atoms with Crippen LogP contribution in [-0.2, 0) is 12.7 Å². The minimum Gasteiger partial charge on any atom is -0.308 e. The molecule has 132 valence electrons. The summed E-state index contributed by atoms with van der Waals surface area (Å²) in [5.41, 5.74) is -0.645. The molecule has 2 aromatic heterocycles. The number of thiophene rings is 1. The molecule has 3 heterocycles. The van der Waals surface area contributed by atoms with Crippen LogP contribution in [0.3, 0.4) is 0 Å². The molecule has 1 aromatic carbocycles. The predicted molar refractivity (Wildman–Crippen MR) is 91.9 cm³/mol. The summed E-state index contributed by atoms with van der Waals surface area (Å²) >= 11 is 1.18. The number of aromatic nitrogens is 2. The summed E-state index contributed by atoms with van der Waals surface area (Å²) in [6.45, 7) is 2.41. The molecule has 4 nitrogen and oxygen atoms in total. The molecule has 1 N–H and O–H groups in total. The molecule has 0 spiro atoms. The summed E-state index contributed by atoms with van der Waals surface area (Å²) in [5, 5.41) is 0.390. The summed E-state index contributed by atoms with van der Waals surface area (Å²) in [7, 11) is 0. The van der Waals surface area contributed by atoms with Crippen LogP contribution < -0.4 is 5.56 Å². The number of likely N-dealkylation sites (tertiary alicyclic amines) is 1. The fourth-order valence-electron chi connectivity index (χ4n) is 3.28. The molecule has 25 heavy (non-hydrogen) atoms. The topological polar surface area (TPSA) is 49.0 Å². The Hall–Kier alpha value is -1.93. The third kappa shape index (κ3) is 3.16. The molecular weight excluding hydrogens is 351 g/mol. The molecule has 0 amide bonds. The Morgan fingerprint density at radius 1 is 1.20 bits per heavy atom. The Kier molecular flexibility index (Phi) is 4.04. The number of nitrogens with zero attached hydrogens (tertiary/aromatic N) is 2. The highest BCUT2D eigenvalue weighted by Gasteiger charge is 2.31. The van der Waals surface area contributed by atoms with E-state index in [1.54, 1.807) is 0 Å². The molecular formula is C17H16F3N3OS. The fraction of sp³-hybridized carbons (Fsp3) is 0.412. The highest BCUT2D eigenvalue weighted by atomic mass is 32.1. The van der Waals surface area contributed by atoms with Gasteiger partial charge in [0.1, 0.15) is 10.5 Å². The Labute approximate surface area is 145 Å². The number of H-pyrrole nitrogens is 1. The first kappa shape index (κ1) is 16.5. The zero-order chi connectivity index (χ0) is 17.6. The molecule has 3 aromatic rings. The van der Waals surface area contributed by atoms with Gasteiger partial charge in [-0.3, -0.25) is 9.69 Å². The first-order valence-electron chi connectivity index (χ1n) is 8.17. The number of hydrogen-bond acceptors (Lipinski definition) is 4. The molecule has 0 radical (unpaired) electrons. The van der Waals surface area contributed by atoms with E-state index in [9.17, 15) is 18.0 Å². The lowest BCUT2D eigenvalue weighted by Gasteiger charge is -2.25. The number of fused-ring (bicyclic) bond motifs is 3. The molecule has 0 unspecified atom stereocenters. The Balaban J connectivity index is 1.82. The number of hydrogen-bond donors (Lipinski definition) is 1. The maximum atomic E-state index is 13.0. The van der Waals surface area contributed by atoms with Gasteiger partial charge in [-0.05, 0) is 44.1 Å². The molecule has 0 atom stereocenters. The molecule has 0 saturated carbocycles. The standard InChI is InChI=1S/C17H16F3N3OS/c18-17(19,20)10-4-5-12-11(8-10)14-15(25-12)16(24)22-13(21-14)9-23-6-2-1-3-7-23/h4-5,8H,1-3,6-7,9H2,(H,21,22,24). The third-order valence-electron chi connectivity index (χ3n) is 4.52. The van der Waals surface area contributed by atoms with Gasteiger partial charge in [-0.1, -0.05) is 6.42 Å². The van der Waals surface area contributed by atoms with Crippen LogP contribution in [0.15, 0.2) is 23.0 Å². The van der Waals surface area contributed by atoms with Crippen molar-refractivity contribution >= 4 is 31.6 Å². The molecule has 1 fully saturated rings. The highest BCUT2D eigenvalue weighted by Crippen LogP contribution is 2.36. The van der Waals surface area contributed by atoms with Crippen LogP contribution >= 0.6 is 11.3 Å². The second-order valence-corrected chi connectivity index (χ2v) is 7.39. The zero-order valence-electron chi connectivity index (χ0n) is 13.3. The van der Waals surface area contributed by atoms with Crippen LogP contribution in [-0.4, -0.2) is 28.0 Å². The van der Waals surface area contributed by atoms with Crippen LogP contribution in [0, 0.1) is 0 Å². The van der Waals surface area contributed by atoms with Crippen LogP contribution in [0.4, 0.5) is 13.2 Å². The molecule has 0 aliphatic carbocycles. The minimum absolute atomic E-state index is 0.285. The SMILES string of the molecule is O=c1[nH]c(CN2CCCCC2)nc2c1sc1ccc(C(F)(F)F)cc12. The average molecular weight is 367 g/mol. The third-order valence-corrected chi connectivity index (χ3v) is 5.68. The van der Waals surface area contributed by atoms with E-state index in [4.69, 9.17) is 0 Å². The van der Waals surface area contributed by atoms with Crippen molar-refractivity contribution in [3.63, 3.8) is 0 Å². The lowest BCUT2D eigenvalue weighted by Crippen LogP contribution is -2.30. The summed E-state index contributed by atoms with van der Waals surface area (Å²) < 4.78 is 40.0. The van der Waals surface area contributed by atoms with Crippen molar-refractivity contribution in [2.75, 3.05) is 13.1 Å². The van der Waals surface area contributed by atoms with Crippen molar-refractivity contribution in [3.05, 3.63) is 39.9 Å². The number of rotatable bonds is 2. The summed E-state index contributed by atoms with van der Waals surface area (Å²) in [4.78, 5) is 21.8. The van der Waals surface area contributed by atoms with E-state index in [1.807, 2.05) is 0 Å². The number of aromatic amines is 1. The van der Waals surface area contributed by atoms with E-state index in [1.165, 1.54) is 23.8 Å². The quantitative estimate of drug-likeness (QED) is 0.741. The first-order chi connectivity index (χ1) is 11.9. The molecule has 8 heteroatoms. The van der Waals surface area contributed by atoms with Crippen molar-refractivity contribution in [3.8, 4) is 0 Å². The van der Waals surface area contributed by atoms with Crippen molar-refractivity contribution in [2.45, 2.75) is 32.0 Å². The maximum Gasteiger partial charge on any atom is 0.416 e. The summed E-state index contributed by atoms with van der Waals surface area (Å²) in [6, 6.07) is 3.54. The van der Waals surface area contributed by atoms with Gasteiger partial charge < -0.3 is 4.98 Å². The maximum absolute atomic E-state index is 13.0. The Morgan fingerprint density at radius 2 is 1.96 bits per heavy atom. The smallest absolute Gasteiger partial charge is 0.308 e. The number of nitrogens with one attached hydrogen (secondary N) is 1. The lowest BCUT2D eigenvalue weighted by molar-refractivity contribution is -0.137. The normalized spacial score (nSPS) is 16.8. The van der Waals surface area contributed by atoms with Crippen LogP contribution in [0.2, 0.25) is 0 Å². The van der Waals surface area contributed by atoms with Gasteiger partial charge in [0.05, 0.1) is 17.6 Å². The van der Waals surface area contributed by atoms with Crippen molar-refractivity contribution < 1.29 is 13.2 Å². The monoisotopic (exact) mass is 367 g/mol. The first-order valence-corrected chi connectivity index (χ1v) is 8.98. The highest BCUT2D eigenvalue weighted by molar-refractivity contribution is 7.25. The van der Waals surface area contributed by atoms with Gasteiger partial charge in [0, 0.05) is 10.1 Å². The Bertz CT molecular complexity index is 986. The number of piperidine rings is 1. The van der Waals surface area contributed by atoms with Gasteiger partial charge in [0.2, 0.25) is 0 Å². The van der Waals surface area contributed by atoms with Gasteiger partial charge in [-0.25, -0.2) is 4.98 Å². The number of halogens is 3. The fourth-order valence-corrected chi connectivity index (χ4v) is 4.30. The van der Waals surface area contributed by atoms with Gasteiger partial charge >= 0.3 is 6.18 Å². The molecule has 1 aliphatic heterocycles. The van der Waals surface area contributed by atoms with Gasteiger partial charge in [0.25, 0.3) is 5.56 Å². The van der Waals surface area contributed by atoms with Crippen molar-refractivity contribution in [1.29, 1.82) is 0 Å². The van der Waals surface area contributed by atoms with Crippen molar-refractivity contribution in [2.24, 2.45) is 0 Å². The van der Waals surface area contributed by atoms with Gasteiger partial charge in [-0.15, -0.1) is 11.3 Å². The van der Waals surface area contributed by atoms with E-state index in [-0.39, 0.29) is 5.56 Å². The second-order valence-electron chi connectivity index (χ2n) is 6.34. The predicted octanol–water partition coefficient (Wildman–Crippen LogP) is 4.14. The van der Waals surface area contributed by atoms with E-state index < -0.39 is 11.7 Å². The molecule has 1 aliphatic rings. The van der Waals surface area contributed by atoms with Crippen LogP contribution in [0.1, 0.15) is 30.7 Å². The lowest BCUT2D eigenvalue weighted by atomic mass is 10.1. The van der Waals surface area contributed by atoms with E-state index in [0.29, 0.717) is 32.7 Å². The minimum atomic E-state index is -4.42. The van der Waals surface area contributed by atoms with Crippen molar-refractivity contribution in [1.82, 2.24) is 14.9 Å². The van der Waals surface area contributed by atoms with Crippen LogP contribution in [0.25, 0.3) is 20.3 Å². The van der Waals surface area contributed by atoms with Crippen LogP contribution in [0.5, 0.6) is 0 Å². The Morgan fingerprint density at radius 3 is 2.68 bits per heavy atom. The van der Waals surface area contributed by atoms with Gasteiger partial charge in [0.15, 0.2) is 0 Å². The molecule has 4 rings (SSSR count). The molecule has 0 bridgehead atoms. The summed E-state index contributed by atoms with van der Waals surface area (Å²) in [5.74, 6) is 0.511. The zero-order valence-corrected chi connectivity index (χ0v) is 14.1. The van der Waals surface area contributed by atoms with E-state index in [0.717, 1.165) is 38.1 Å². The van der Waals surface area contributed by atoms with E-state index >= 15 is 0 Å². The average Bonchev–Trinajstić information content (AvgIpc) is 2.94. The molecule has 1 saturated heterocycles. The number of benzene rings is 1. The second kappa shape index (κ2) is 6.10. The van der Waals surface area contributed by atoms with E-state index in [2.05, 4.69) is 14.9 Å². The number of alkyl halides is 3. The van der Waals surface area contributed by atoms with Gasteiger partial charge in [-0.2, -0.15) is 13.2 Å². The summed E-state index contributed by atoms with van der Waals surface area (Å²) in [6.07, 6.45) is -0.985.